The number of hydrogen-bond donors (Lipinski definition) is 1. The number of rotatable bonds is 6. The van der Waals surface area contributed by atoms with Crippen LogP contribution in [0.15, 0.2) is 48.8 Å². The van der Waals surface area contributed by atoms with E-state index in [0.717, 1.165) is 29.7 Å². The molecule has 0 radical (unpaired) electrons. The molecule has 1 unspecified atom stereocenters. The lowest BCUT2D eigenvalue weighted by molar-refractivity contribution is 0.201. The van der Waals surface area contributed by atoms with Crippen LogP contribution in [0, 0.1) is 11.7 Å². The number of fused-ring (bicyclic) bond motifs is 1. The van der Waals surface area contributed by atoms with Crippen molar-refractivity contribution < 1.29 is 9.18 Å². The predicted octanol–water partition coefficient (Wildman–Crippen LogP) is 4.31. The molecule has 2 heterocycles. The first kappa shape index (κ1) is 17.9. The Morgan fingerprint density at radius 3 is 2.92 bits per heavy atom. The van der Waals surface area contributed by atoms with E-state index in [9.17, 15) is 9.18 Å². The van der Waals surface area contributed by atoms with Gasteiger partial charge in [0.15, 0.2) is 0 Å². The standard InChI is InChI=1S/C19H24FN3O/c1-5-6-13(2)14(3)7-8-15(4)22-19(24)23-11-16-9-17(20)10-21-18(16)12-23/h7-10,13H,3-6,11-12H2,1-2H3,(H,22,24)/b8-7-. The largest absolute Gasteiger partial charge is 0.322 e. The van der Waals surface area contributed by atoms with Crippen molar-refractivity contribution in [1.29, 1.82) is 0 Å². The van der Waals surface area contributed by atoms with Crippen LogP contribution in [0.25, 0.3) is 0 Å². The summed E-state index contributed by atoms with van der Waals surface area (Å²) in [6.07, 6.45) is 7.00. The van der Waals surface area contributed by atoms with Gasteiger partial charge in [0.1, 0.15) is 5.82 Å². The molecule has 0 aliphatic carbocycles. The van der Waals surface area contributed by atoms with Crippen LogP contribution in [0.3, 0.4) is 0 Å². The Morgan fingerprint density at radius 2 is 2.21 bits per heavy atom. The van der Waals surface area contributed by atoms with Crippen LogP contribution in [0.5, 0.6) is 0 Å². The van der Waals surface area contributed by atoms with Crippen molar-refractivity contribution in [2.75, 3.05) is 0 Å². The molecule has 0 fully saturated rings. The minimum atomic E-state index is -0.386. The number of aromatic nitrogens is 1. The summed E-state index contributed by atoms with van der Waals surface area (Å²) in [5.74, 6) is 0.0202. The monoisotopic (exact) mass is 329 g/mol. The predicted molar refractivity (Wildman–Crippen MR) is 93.5 cm³/mol. The van der Waals surface area contributed by atoms with E-state index in [1.165, 1.54) is 12.3 Å². The number of carbonyl (C=O) groups is 1. The van der Waals surface area contributed by atoms with Crippen LogP contribution in [-0.2, 0) is 13.1 Å². The first-order valence-electron chi connectivity index (χ1n) is 8.15. The zero-order chi connectivity index (χ0) is 17.7. The molecule has 4 nitrogen and oxygen atoms in total. The zero-order valence-corrected chi connectivity index (χ0v) is 14.3. The summed E-state index contributed by atoms with van der Waals surface area (Å²) in [4.78, 5) is 17.9. The van der Waals surface area contributed by atoms with Gasteiger partial charge in [-0.3, -0.25) is 4.98 Å². The third-order valence-corrected chi connectivity index (χ3v) is 4.14. The third-order valence-electron chi connectivity index (χ3n) is 4.14. The minimum absolute atomic E-state index is 0.268. The highest BCUT2D eigenvalue weighted by molar-refractivity contribution is 5.77. The molecule has 1 aromatic heterocycles. The average molecular weight is 329 g/mol. The van der Waals surface area contributed by atoms with Crippen LogP contribution >= 0.6 is 0 Å². The van der Waals surface area contributed by atoms with Crippen molar-refractivity contribution in [3.63, 3.8) is 0 Å². The number of halogens is 1. The summed E-state index contributed by atoms with van der Waals surface area (Å²) in [6.45, 7) is 12.9. The lowest BCUT2D eigenvalue weighted by Crippen LogP contribution is -2.35. The number of pyridine rings is 1. The normalized spacial score (nSPS) is 14.5. The van der Waals surface area contributed by atoms with E-state index in [-0.39, 0.29) is 11.8 Å². The van der Waals surface area contributed by atoms with Gasteiger partial charge in [-0.15, -0.1) is 0 Å². The van der Waals surface area contributed by atoms with Gasteiger partial charge in [0, 0.05) is 12.2 Å². The lowest BCUT2D eigenvalue weighted by atomic mass is 9.97. The quantitative estimate of drug-likeness (QED) is 0.791. The summed E-state index contributed by atoms with van der Waals surface area (Å²) in [6, 6.07) is 1.15. The number of amides is 2. The van der Waals surface area contributed by atoms with E-state index in [1.807, 2.05) is 6.08 Å². The number of nitrogens with zero attached hydrogens (tertiary/aromatic N) is 2. The lowest BCUT2D eigenvalue weighted by Gasteiger charge is -2.16. The molecule has 0 aromatic carbocycles. The first-order valence-corrected chi connectivity index (χ1v) is 8.15. The van der Waals surface area contributed by atoms with E-state index in [1.54, 1.807) is 11.0 Å². The fourth-order valence-electron chi connectivity index (χ4n) is 2.62. The summed E-state index contributed by atoms with van der Waals surface area (Å²) in [5.41, 5.74) is 2.99. The molecule has 0 saturated carbocycles. The summed E-state index contributed by atoms with van der Waals surface area (Å²) < 4.78 is 13.2. The highest BCUT2D eigenvalue weighted by atomic mass is 19.1. The Hall–Kier alpha value is -2.43. The zero-order valence-electron chi connectivity index (χ0n) is 14.3. The van der Waals surface area contributed by atoms with Gasteiger partial charge in [-0.2, -0.15) is 0 Å². The molecule has 1 aliphatic heterocycles. The van der Waals surface area contributed by atoms with E-state index >= 15 is 0 Å². The number of allylic oxidation sites excluding steroid dienone is 3. The summed E-state index contributed by atoms with van der Waals surface area (Å²) >= 11 is 0. The van der Waals surface area contributed by atoms with Crippen molar-refractivity contribution in [2.45, 2.75) is 39.8 Å². The topological polar surface area (TPSA) is 45.2 Å². The molecular weight excluding hydrogens is 305 g/mol. The maximum Gasteiger partial charge on any atom is 0.322 e. The van der Waals surface area contributed by atoms with Crippen molar-refractivity contribution in [2.24, 2.45) is 5.92 Å². The van der Waals surface area contributed by atoms with Crippen LogP contribution < -0.4 is 5.32 Å². The fraction of sp³-hybridized carbons (Fsp3) is 0.368. The molecule has 1 N–H and O–H groups in total. The van der Waals surface area contributed by atoms with Crippen LogP contribution in [0.2, 0.25) is 0 Å². The van der Waals surface area contributed by atoms with Crippen molar-refractivity contribution in [3.05, 3.63) is 65.9 Å². The van der Waals surface area contributed by atoms with Crippen LogP contribution in [0.4, 0.5) is 9.18 Å². The molecule has 5 heteroatoms. The van der Waals surface area contributed by atoms with Gasteiger partial charge in [-0.1, -0.05) is 45.1 Å². The van der Waals surface area contributed by atoms with E-state index < -0.39 is 0 Å². The van der Waals surface area contributed by atoms with Crippen molar-refractivity contribution in [1.82, 2.24) is 15.2 Å². The Kier molecular flexibility index (Phi) is 5.90. The minimum Gasteiger partial charge on any atom is -0.314 e. The van der Waals surface area contributed by atoms with Gasteiger partial charge in [-0.05, 0) is 30.0 Å². The number of hydrogen-bond acceptors (Lipinski definition) is 2. The van der Waals surface area contributed by atoms with Gasteiger partial charge in [0.05, 0.1) is 18.4 Å². The van der Waals surface area contributed by atoms with Crippen molar-refractivity contribution in [3.8, 4) is 0 Å². The van der Waals surface area contributed by atoms with E-state index in [0.29, 0.717) is 24.7 Å². The first-order chi connectivity index (χ1) is 11.4. The molecule has 0 saturated heterocycles. The SMILES string of the molecule is C=C(/C=C\C(=C)C(C)CCC)NC(=O)N1Cc2cc(F)cnc2C1. The molecule has 1 atom stereocenters. The second-order valence-corrected chi connectivity index (χ2v) is 6.17. The van der Waals surface area contributed by atoms with E-state index in [4.69, 9.17) is 0 Å². The van der Waals surface area contributed by atoms with E-state index in [2.05, 4.69) is 37.3 Å². The van der Waals surface area contributed by atoms with Gasteiger partial charge < -0.3 is 10.2 Å². The van der Waals surface area contributed by atoms with Gasteiger partial charge in [-0.25, -0.2) is 9.18 Å². The van der Waals surface area contributed by atoms with Gasteiger partial charge in [0.25, 0.3) is 0 Å². The Morgan fingerprint density at radius 1 is 1.46 bits per heavy atom. The number of nitrogens with one attached hydrogen (secondary N) is 1. The Balaban J connectivity index is 1.87. The molecule has 128 valence electrons. The smallest absolute Gasteiger partial charge is 0.314 e. The molecule has 2 rings (SSSR count). The van der Waals surface area contributed by atoms with Crippen LogP contribution in [-0.4, -0.2) is 15.9 Å². The molecule has 1 aromatic rings. The average Bonchev–Trinajstić information content (AvgIpc) is 2.96. The molecule has 24 heavy (non-hydrogen) atoms. The van der Waals surface area contributed by atoms with Crippen molar-refractivity contribution >= 4 is 6.03 Å². The number of urea groups is 1. The molecule has 2 amide bonds. The Labute approximate surface area is 142 Å². The molecule has 1 aliphatic rings. The highest BCUT2D eigenvalue weighted by Gasteiger charge is 2.24. The van der Waals surface area contributed by atoms with Gasteiger partial charge in [0.2, 0.25) is 0 Å². The molecular formula is C19H24FN3O. The fourth-order valence-corrected chi connectivity index (χ4v) is 2.62. The van der Waals surface area contributed by atoms with Crippen LogP contribution in [0.1, 0.15) is 37.9 Å². The second kappa shape index (κ2) is 7.90. The third kappa shape index (κ3) is 4.54. The molecule has 0 spiro atoms. The summed E-state index contributed by atoms with van der Waals surface area (Å²) in [5, 5.41) is 2.74. The maximum absolute atomic E-state index is 13.2. The Bertz CT molecular complexity index is 681. The summed E-state index contributed by atoms with van der Waals surface area (Å²) in [7, 11) is 0. The maximum atomic E-state index is 13.2. The van der Waals surface area contributed by atoms with Gasteiger partial charge >= 0.3 is 6.03 Å². The number of carbonyl (C=O) groups excluding carboxylic acids is 1. The highest BCUT2D eigenvalue weighted by Crippen LogP contribution is 2.21. The second-order valence-electron chi connectivity index (χ2n) is 6.17. The molecule has 0 bridgehead atoms.